The fourth-order valence-corrected chi connectivity index (χ4v) is 3.87. The van der Waals surface area contributed by atoms with E-state index in [-0.39, 0.29) is 25.5 Å². The maximum absolute atomic E-state index is 13.1. The van der Waals surface area contributed by atoms with Crippen LogP contribution in [0.2, 0.25) is 0 Å². The number of esters is 2. The molecular formula is C29H39N5O6. The second-order valence-corrected chi connectivity index (χ2v) is 9.03. The number of rotatable bonds is 16. The van der Waals surface area contributed by atoms with Crippen LogP contribution in [0.15, 0.2) is 54.6 Å². The average molecular weight is 554 g/mol. The van der Waals surface area contributed by atoms with Crippen molar-refractivity contribution in [2.24, 2.45) is 5.73 Å². The molecule has 0 radical (unpaired) electrons. The highest BCUT2D eigenvalue weighted by molar-refractivity contribution is 5.95. The summed E-state index contributed by atoms with van der Waals surface area (Å²) in [6.07, 6.45) is 2.04. The van der Waals surface area contributed by atoms with Gasteiger partial charge in [-0.05, 0) is 44.2 Å². The van der Waals surface area contributed by atoms with E-state index in [9.17, 15) is 19.2 Å². The van der Waals surface area contributed by atoms with Gasteiger partial charge in [-0.25, -0.2) is 9.59 Å². The zero-order chi connectivity index (χ0) is 29.3. The standard InChI is InChI=1S/C29H39N5O6/c1-3-39-25(35)19-23(27(36)33-24(28(37)40-4-2)18-21-11-6-5-7-12-21)34-29(38)32-17-9-8-10-20-13-15-22(16-14-20)26(30)31/h5-7,11-16,23-24H,3-4,8-10,17-19H2,1-2H3,(H3,30,31)(H,33,36)(H2,32,34,38)/t23-,24-/m0/s1. The van der Waals surface area contributed by atoms with E-state index in [0.29, 0.717) is 18.5 Å². The van der Waals surface area contributed by atoms with Crippen LogP contribution < -0.4 is 21.7 Å². The van der Waals surface area contributed by atoms with Crippen LogP contribution in [-0.4, -0.2) is 61.6 Å². The summed E-state index contributed by atoms with van der Waals surface area (Å²) in [7, 11) is 0. The first kappa shape index (κ1) is 31.8. The van der Waals surface area contributed by atoms with Crippen molar-refractivity contribution in [2.45, 2.75) is 58.0 Å². The van der Waals surface area contributed by atoms with E-state index in [2.05, 4.69) is 16.0 Å². The molecule has 11 heteroatoms. The van der Waals surface area contributed by atoms with Crippen LogP contribution in [0, 0.1) is 5.41 Å². The summed E-state index contributed by atoms with van der Waals surface area (Å²) < 4.78 is 10.1. The average Bonchev–Trinajstić information content (AvgIpc) is 2.93. The highest BCUT2D eigenvalue weighted by atomic mass is 16.5. The summed E-state index contributed by atoms with van der Waals surface area (Å²) in [4.78, 5) is 50.4. The minimum Gasteiger partial charge on any atom is -0.466 e. The summed E-state index contributed by atoms with van der Waals surface area (Å²) >= 11 is 0. The highest BCUT2D eigenvalue weighted by Gasteiger charge is 2.29. The molecule has 0 heterocycles. The Morgan fingerprint density at radius 3 is 2.15 bits per heavy atom. The molecule has 0 saturated carbocycles. The second-order valence-electron chi connectivity index (χ2n) is 9.03. The van der Waals surface area contributed by atoms with Gasteiger partial charge in [0, 0.05) is 18.5 Å². The molecule has 2 aromatic carbocycles. The fraction of sp³-hybridized carbons (Fsp3) is 0.414. The van der Waals surface area contributed by atoms with E-state index < -0.39 is 42.4 Å². The number of benzene rings is 2. The lowest BCUT2D eigenvalue weighted by Gasteiger charge is -2.22. The Morgan fingerprint density at radius 2 is 1.52 bits per heavy atom. The first-order valence-corrected chi connectivity index (χ1v) is 13.4. The number of nitrogens with one attached hydrogen (secondary N) is 4. The zero-order valence-corrected chi connectivity index (χ0v) is 23.0. The molecule has 0 aliphatic heterocycles. The third-order valence-electron chi connectivity index (χ3n) is 5.91. The van der Waals surface area contributed by atoms with E-state index in [4.69, 9.17) is 20.6 Å². The number of nitrogens with two attached hydrogens (primary N) is 1. The summed E-state index contributed by atoms with van der Waals surface area (Å²) in [6, 6.07) is 13.7. The van der Waals surface area contributed by atoms with Crippen molar-refractivity contribution in [3.63, 3.8) is 0 Å². The van der Waals surface area contributed by atoms with Gasteiger partial charge in [0.15, 0.2) is 0 Å². The molecule has 40 heavy (non-hydrogen) atoms. The lowest BCUT2D eigenvalue weighted by atomic mass is 10.0. The first-order valence-electron chi connectivity index (χ1n) is 13.4. The van der Waals surface area contributed by atoms with E-state index in [1.807, 2.05) is 42.5 Å². The van der Waals surface area contributed by atoms with Gasteiger partial charge in [0.05, 0.1) is 19.6 Å². The Morgan fingerprint density at radius 1 is 0.850 bits per heavy atom. The quantitative estimate of drug-likeness (QED) is 0.0917. The van der Waals surface area contributed by atoms with Crippen molar-refractivity contribution in [2.75, 3.05) is 19.8 Å². The van der Waals surface area contributed by atoms with Crippen molar-refractivity contribution in [1.82, 2.24) is 16.0 Å². The van der Waals surface area contributed by atoms with Gasteiger partial charge in [0.1, 0.15) is 17.9 Å². The lowest BCUT2D eigenvalue weighted by Crippen LogP contribution is -2.55. The Balaban J connectivity index is 1.93. The van der Waals surface area contributed by atoms with Crippen molar-refractivity contribution in [3.8, 4) is 0 Å². The molecule has 0 aromatic heterocycles. The Kier molecular flexibility index (Phi) is 13.7. The number of carbonyl (C=O) groups excluding carboxylic acids is 4. The first-order chi connectivity index (χ1) is 19.2. The highest BCUT2D eigenvalue weighted by Crippen LogP contribution is 2.08. The van der Waals surface area contributed by atoms with Crippen LogP contribution in [0.3, 0.4) is 0 Å². The summed E-state index contributed by atoms with van der Waals surface area (Å²) in [6.45, 7) is 3.91. The molecule has 216 valence electrons. The molecular weight excluding hydrogens is 514 g/mol. The van der Waals surface area contributed by atoms with Gasteiger partial charge in [-0.1, -0.05) is 54.6 Å². The molecule has 2 aromatic rings. The molecule has 0 saturated heterocycles. The minimum absolute atomic E-state index is 0.0179. The summed E-state index contributed by atoms with van der Waals surface area (Å²) in [5, 5.41) is 15.3. The number of amides is 3. The second kappa shape index (κ2) is 17.2. The Bertz CT molecular complexity index is 1120. The number of hydrogen-bond donors (Lipinski definition) is 5. The number of aryl methyl sites for hydroxylation is 1. The van der Waals surface area contributed by atoms with Gasteiger partial charge < -0.3 is 31.2 Å². The van der Waals surface area contributed by atoms with Gasteiger partial charge in [0.25, 0.3) is 0 Å². The number of hydrogen-bond acceptors (Lipinski definition) is 7. The van der Waals surface area contributed by atoms with E-state index >= 15 is 0 Å². The van der Waals surface area contributed by atoms with Gasteiger partial charge in [-0.3, -0.25) is 15.0 Å². The van der Waals surface area contributed by atoms with Crippen molar-refractivity contribution < 1.29 is 28.7 Å². The van der Waals surface area contributed by atoms with Crippen LogP contribution in [0.25, 0.3) is 0 Å². The van der Waals surface area contributed by atoms with Crippen LogP contribution >= 0.6 is 0 Å². The van der Waals surface area contributed by atoms with Crippen molar-refractivity contribution in [3.05, 3.63) is 71.3 Å². The van der Waals surface area contributed by atoms with E-state index in [0.717, 1.165) is 24.0 Å². The summed E-state index contributed by atoms with van der Waals surface area (Å²) in [5.74, 6) is -1.96. The molecule has 2 atom stereocenters. The van der Waals surface area contributed by atoms with Gasteiger partial charge in [-0.2, -0.15) is 0 Å². The number of nitrogen functional groups attached to an aromatic ring is 1. The monoisotopic (exact) mass is 553 g/mol. The Hall–Kier alpha value is -4.41. The molecule has 0 fully saturated rings. The predicted molar refractivity (Wildman–Crippen MR) is 151 cm³/mol. The third kappa shape index (κ3) is 11.5. The Labute approximate surface area is 234 Å². The van der Waals surface area contributed by atoms with E-state index in [1.165, 1.54) is 0 Å². The van der Waals surface area contributed by atoms with Crippen LogP contribution in [-0.2, 0) is 36.7 Å². The zero-order valence-electron chi connectivity index (χ0n) is 23.0. The molecule has 3 amide bonds. The molecule has 11 nitrogen and oxygen atoms in total. The predicted octanol–water partition coefficient (Wildman–Crippen LogP) is 2.20. The SMILES string of the molecule is CCOC(=O)C[C@H](NC(=O)NCCCCc1ccc(C(=N)N)cc1)C(=O)N[C@@H](Cc1ccccc1)C(=O)OCC. The number of ether oxygens (including phenoxy) is 2. The molecule has 6 N–H and O–H groups in total. The molecule has 0 aliphatic carbocycles. The number of carbonyl (C=O) groups is 4. The molecule has 2 rings (SSSR count). The number of amidine groups is 1. The van der Waals surface area contributed by atoms with Gasteiger partial charge >= 0.3 is 18.0 Å². The lowest BCUT2D eigenvalue weighted by molar-refractivity contribution is -0.148. The van der Waals surface area contributed by atoms with Crippen molar-refractivity contribution in [1.29, 1.82) is 5.41 Å². The van der Waals surface area contributed by atoms with Crippen LogP contribution in [0.5, 0.6) is 0 Å². The molecule has 0 unspecified atom stereocenters. The topological polar surface area (TPSA) is 173 Å². The fourth-order valence-electron chi connectivity index (χ4n) is 3.87. The maximum Gasteiger partial charge on any atom is 0.328 e. The number of urea groups is 1. The maximum atomic E-state index is 13.1. The smallest absolute Gasteiger partial charge is 0.328 e. The van der Waals surface area contributed by atoms with Crippen LogP contribution in [0.1, 0.15) is 49.8 Å². The minimum atomic E-state index is -1.26. The van der Waals surface area contributed by atoms with Gasteiger partial charge in [-0.15, -0.1) is 0 Å². The number of unbranched alkanes of at least 4 members (excludes halogenated alkanes) is 1. The molecule has 0 aliphatic rings. The molecule has 0 spiro atoms. The van der Waals surface area contributed by atoms with Crippen molar-refractivity contribution >= 4 is 29.7 Å². The largest absolute Gasteiger partial charge is 0.466 e. The molecule has 0 bridgehead atoms. The third-order valence-corrected chi connectivity index (χ3v) is 5.91. The van der Waals surface area contributed by atoms with Crippen LogP contribution in [0.4, 0.5) is 4.79 Å². The summed E-state index contributed by atoms with van der Waals surface area (Å²) in [5.41, 5.74) is 8.04. The van der Waals surface area contributed by atoms with E-state index in [1.54, 1.807) is 26.0 Å². The van der Waals surface area contributed by atoms with Gasteiger partial charge in [0.2, 0.25) is 5.91 Å². The normalized spacial score (nSPS) is 11.9.